The van der Waals surface area contributed by atoms with Crippen LogP contribution in [0.5, 0.6) is 0 Å². The van der Waals surface area contributed by atoms with E-state index < -0.39 is 28.3 Å². The zero-order valence-corrected chi connectivity index (χ0v) is 15.4. The van der Waals surface area contributed by atoms with Crippen LogP contribution in [0.2, 0.25) is 10.0 Å². The largest absolute Gasteiger partial charge is 0.435 e. The first-order valence-corrected chi connectivity index (χ1v) is 8.55. The zero-order chi connectivity index (χ0) is 20.5. The Balaban J connectivity index is 2.12. The normalized spacial score (nSPS) is 11.5. The molecular weight excluding hydrogens is 421 g/mol. The summed E-state index contributed by atoms with van der Waals surface area (Å²) in [6, 6.07) is 11.2. The van der Waals surface area contributed by atoms with Gasteiger partial charge in [0, 0.05) is 10.7 Å². The van der Waals surface area contributed by atoms with Crippen molar-refractivity contribution in [1.82, 2.24) is 9.55 Å². The van der Waals surface area contributed by atoms with Crippen LogP contribution in [0.3, 0.4) is 0 Å². The molecule has 1 heterocycles. The molecule has 1 aromatic heterocycles. The Labute approximate surface area is 166 Å². The third-order valence-corrected chi connectivity index (χ3v) is 4.33. The van der Waals surface area contributed by atoms with Gasteiger partial charge in [-0.25, -0.2) is 9.37 Å². The summed E-state index contributed by atoms with van der Waals surface area (Å²) >= 11 is 11.5. The second-order valence-electron chi connectivity index (χ2n) is 5.75. The van der Waals surface area contributed by atoms with Crippen molar-refractivity contribution in [1.29, 1.82) is 0 Å². The molecule has 0 amide bonds. The van der Waals surface area contributed by atoms with Crippen LogP contribution in [0, 0.1) is 5.82 Å². The molecule has 4 nitrogen and oxygen atoms in total. The fourth-order valence-electron chi connectivity index (χ4n) is 2.40. The second-order valence-corrected chi connectivity index (χ2v) is 6.56. The van der Waals surface area contributed by atoms with E-state index in [0.29, 0.717) is 16.3 Å². The number of halogens is 6. The van der Waals surface area contributed by atoms with Crippen molar-refractivity contribution in [2.45, 2.75) is 12.7 Å². The minimum absolute atomic E-state index is 0.167. The Morgan fingerprint density at radius 1 is 1.00 bits per heavy atom. The predicted octanol–water partition coefficient (Wildman–Crippen LogP) is 5.50. The van der Waals surface area contributed by atoms with Gasteiger partial charge in [-0.05, 0) is 42.0 Å². The monoisotopic (exact) mass is 431 g/mol. The average molecular weight is 432 g/mol. The summed E-state index contributed by atoms with van der Waals surface area (Å²) in [5, 5.41) is 2.05. The molecule has 0 spiro atoms. The lowest BCUT2D eigenvalue weighted by molar-refractivity contribution is -0.141. The number of nitrogens with one attached hydrogen (secondary N) is 1. The number of benzene rings is 2. The highest BCUT2D eigenvalue weighted by molar-refractivity contribution is 6.31. The van der Waals surface area contributed by atoms with Gasteiger partial charge in [0.25, 0.3) is 5.56 Å². The lowest BCUT2D eigenvalue weighted by Crippen LogP contribution is -2.29. The highest BCUT2D eigenvalue weighted by Crippen LogP contribution is 2.32. The first-order chi connectivity index (χ1) is 13.1. The molecule has 0 aliphatic rings. The van der Waals surface area contributed by atoms with Crippen LogP contribution in [0.1, 0.15) is 11.3 Å². The number of aromatic nitrogens is 2. The van der Waals surface area contributed by atoms with Gasteiger partial charge in [-0.1, -0.05) is 35.3 Å². The molecule has 0 bridgehead atoms. The maximum absolute atomic E-state index is 13.2. The van der Waals surface area contributed by atoms with Crippen LogP contribution < -0.4 is 10.9 Å². The lowest BCUT2D eigenvalue weighted by Gasteiger charge is -2.17. The topological polar surface area (TPSA) is 46.9 Å². The van der Waals surface area contributed by atoms with Crippen molar-refractivity contribution in [3.05, 3.63) is 86.0 Å². The van der Waals surface area contributed by atoms with E-state index in [4.69, 9.17) is 23.2 Å². The van der Waals surface area contributed by atoms with Gasteiger partial charge < -0.3 is 5.32 Å². The number of hydrogen-bond acceptors (Lipinski definition) is 3. The van der Waals surface area contributed by atoms with E-state index in [1.807, 2.05) is 0 Å². The molecule has 0 saturated carbocycles. The number of rotatable bonds is 4. The Morgan fingerprint density at radius 2 is 1.61 bits per heavy atom. The molecule has 0 aliphatic carbocycles. The Bertz CT molecular complexity index is 1050. The summed E-state index contributed by atoms with van der Waals surface area (Å²) in [6.07, 6.45) is -4.92. The molecule has 1 N–H and O–H groups in total. The smallest absolute Gasteiger partial charge is 0.326 e. The summed E-state index contributed by atoms with van der Waals surface area (Å²) < 4.78 is 53.7. The van der Waals surface area contributed by atoms with Crippen molar-refractivity contribution in [3.63, 3.8) is 0 Å². The molecule has 0 saturated heterocycles. The minimum Gasteiger partial charge on any atom is -0.326 e. The van der Waals surface area contributed by atoms with Gasteiger partial charge in [0.05, 0.1) is 6.54 Å². The van der Waals surface area contributed by atoms with Crippen molar-refractivity contribution >= 4 is 34.8 Å². The molecule has 3 aromatic rings. The molecule has 0 radical (unpaired) electrons. The molecule has 10 heteroatoms. The van der Waals surface area contributed by atoms with Gasteiger partial charge in [0.1, 0.15) is 10.8 Å². The third-order valence-electron chi connectivity index (χ3n) is 3.74. The summed E-state index contributed by atoms with van der Waals surface area (Å²) in [5.74, 6) is -0.854. The van der Waals surface area contributed by atoms with Gasteiger partial charge >= 0.3 is 6.18 Å². The van der Waals surface area contributed by atoms with Gasteiger partial charge in [-0.15, -0.1) is 0 Å². The molecule has 3 rings (SSSR count). The fraction of sp³-hybridized carbons (Fsp3) is 0.111. The average Bonchev–Trinajstić information content (AvgIpc) is 2.63. The van der Waals surface area contributed by atoms with Crippen LogP contribution in [0.15, 0.2) is 53.3 Å². The minimum atomic E-state index is -4.92. The van der Waals surface area contributed by atoms with Gasteiger partial charge in [0.15, 0.2) is 5.69 Å². The summed E-state index contributed by atoms with van der Waals surface area (Å²) in [7, 11) is 0. The fourth-order valence-corrected chi connectivity index (χ4v) is 2.77. The lowest BCUT2D eigenvalue weighted by atomic mass is 10.2. The van der Waals surface area contributed by atoms with Crippen molar-refractivity contribution < 1.29 is 17.6 Å². The number of hydrogen-bond donors (Lipinski definition) is 1. The molecule has 28 heavy (non-hydrogen) atoms. The van der Waals surface area contributed by atoms with Crippen LogP contribution in [0.25, 0.3) is 0 Å². The van der Waals surface area contributed by atoms with Crippen LogP contribution >= 0.6 is 23.2 Å². The van der Waals surface area contributed by atoms with Crippen LogP contribution in [-0.2, 0) is 12.7 Å². The first kappa shape index (κ1) is 20.2. The summed E-state index contributed by atoms with van der Waals surface area (Å²) in [4.78, 5) is 16.1. The number of nitrogens with zero attached hydrogens (tertiary/aromatic N) is 2. The van der Waals surface area contributed by atoms with E-state index in [0.717, 1.165) is 4.57 Å². The van der Waals surface area contributed by atoms with Crippen LogP contribution in [-0.4, -0.2) is 9.55 Å². The molecule has 0 atom stereocenters. The first-order valence-electron chi connectivity index (χ1n) is 7.79. The maximum atomic E-state index is 13.2. The number of alkyl halides is 3. The van der Waals surface area contributed by atoms with E-state index in [1.54, 1.807) is 0 Å². The van der Waals surface area contributed by atoms with E-state index in [1.165, 1.54) is 48.5 Å². The Hall–Kier alpha value is -2.58. The predicted molar refractivity (Wildman–Crippen MR) is 98.7 cm³/mol. The molecular formula is C18H11Cl2F4N3O. The summed E-state index contributed by atoms with van der Waals surface area (Å²) in [5.41, 5.74) is -1.74. The highest BCUT2D eigenvalue weighted by Gasteiger charge is 2.38. The molecule has 146 valence electrons. The standard InChI is InChI=1S/C18H11Cl2F4N3O/c19-11-3-7-13(8-4-11)25-17-26-15(18(22,23)24)14(20)16(28)27(17)9-10-1-5-12(21)6-2-10/h1-8H,9H2,(H,25,26). The Kier molecular flexibility index (Phi) is 5.62. The van der Waals surface area contributed by atoms with Crippen molar-refractivity contribution in [3.8, 4) is 0 Å². The molecule has 0 aliphatic heterocycles. The van der Waals surface area contributed by atoms with Crippen molar-refractivity contribution in [2.75, 3.05) is 5.32 Å². The van der Waals surface area contributed by atoms with E-state index in [9.17, 15) is 22.4 Å². The molecule has 0 fully saturated rings. The SMILES string of the molecule is O=c1c(Cl)c(C(F)(F)F)nc(Nc2ccc(Cl)cc2)n1Cc1ccc(F)cc1. The zero-order valence-electron chi connectivity index (χ0n) is 13.9. The highest BCUT2D eigenvalue weighted by atomic mass is 35.5. The quantitative estimate of drug-likeness (QED) is 0.554. The van der Waals surface area contributed by atoms with Gasteiger partial charge in [0.2, 0.25) is 5.95 Å². The van der Waals surface area contributed by atoms with E-state index in [-0.39, 0.29) is 12.5 Å². The van der Waals surface area contributed by atoms with Crippen molar-refractivity contribution in [2.24, 2.45) is 0 Å². The maximum Gasteiger partial charge on any atom is 0.435 e. The van der Waals surface area contributed by atoms with Gasteiger partial charge in [-0.3, -0.25) is 9.36 Å². The second kappa shape index (κ2) is 7.81. The Morgan fingerprint density at radius 3 is 2.18 bits per heavy atom. The number of anilines is 2. The van der Waals surface area contributed by atoms with E-state index in [2.05, 4.69) is 10.3 Å². The van der Waals surface area contributed by atoms with E-state index >= 15 is 0 Å². The van der Waals surface area contributed by atoms with Gasteiger partial charge in [-0.2, -0.15) is 13.2 Å². The molecule has 2 aromatic carbocycles. The summed E-state index contributed by atoms with van der Waals surface area (Å²) in [6.45, 7) is -0.167. The molecule has 0 unspecified atom stereocenters. The van der Waals surface area contributed by atoms with Crippen LogP contribution in [0.4, 0.5) is 29.2 Å². The third kappa shape index (κ3) is 4.45.